The van der Waals surface area contributed by atoms with E-state index in [1.54, 1.807) is 0 Å². The number of halogens is 2. The largest absolute Gasteiger partial charge is 0.370 e. The van der Waals surface area contributed by atoms with Crippen molar-refractivity contribution >= 4 is 11.6 Å². The molecule has 25 heavy (non-hydrogen) atoms. The van der Waals surface area contributed by atoms with E-state index in [9.17, 15) is 8.78 Å². The highest BCUT2D eigenvalue weighted by Gasteiger charge is 2.34. The van der Waals surface area contributed by atoms with Crippen LogP contribution in [-0.2, 0) is 6.42 Å². The van der Waals surface area contributed by atoms with E-state index in [4.69, 9.17) is 0 Å². The Morgan fingerprint density at radius 2 is 1.84 bits per heavy atom. The van der Waals surface area contributed by atoms with Gasteiger partial charge in [-0.3, -0.25) is 0 Å². The second-order valence-electron chi connectivity index (χ2n) is 6.53. The molecule has 1 aliphatic heterocycles. The van der Waals surface area contributed by atoms with Crippen LogP contribution in [0.5, 0.6) is 0 Å². The van der Waals surface area contributed by atoms with Gasteiger partial charge in [-0.1, -0.05) is 30.3 Å². The Bertz CT molecular complexity index is 681. The Morgan fingerprint density at radius 3 is 2.56 bits per heavy atom. The number of hydrogen-bond acceptors (Lipinski definition) is 4. The summed E-state index contributed by atoms with van der Waals surface area (Å²) < 4.78 is 26.7. The lowest BCUT2D eigenvalue weighted by molar-refractivity contribution is -0.0221. The molecule has 1 N–H and O–H groups in total. The van der Waals surface area contributed by atoms with Crippen molar-refractivity contribution in [2.75, 3.05) is 29.9 Å². The van der Waals surface area contributed by atoms with Gasteiger partial charge in [0.15, 0.2) is 0 Å². The summed E-state index contributed by atoms with van der Waals surface area (Å²) in [7, 11) is 0. The number of piperidine rings is 1. The van der Waals surface area contributed by atoms with E-state index >= 15 is 0 Å². The first-order valence-electron chi connectivity index (χ1n) is 8.77. The number of nitrogens with one attached hydrogen (secondary N) is 1. The van der Waals surface area contributed by atoms with Crippen molar-refractivity contribution in [1.82, 2.24) is 9.97 Å². The lowest BCUT2D eigenvalue weighted by Gasteiger charge is -2.33. The first kappa shape index (κ1) is 17.6. The minimum atomic E-state index is -2.55. The maximum atomic E-state index is 13.3. The molecule has 0 radical (unpaired) electrons. The lowest BCUT2D eigenvalue weighted by atomic mass is 10.1. The summed E-state index contributed by atoms with van der Waals surface area (Å²) >= 11 is 0. The number of anilines is 2. The van der Waals surface area contributed by atoms with Crippen molar-refractivity contribution < 1.29 is 8.78 Å². The molecule has 2 heterocycles. The summed E-state index contributed by atoms with van der Waals surface area (Å²) in [5, 5.41) is 3.35. The number of rotatable bonds is 6. The Morgan fingerprint density at radius 1 is 1.12 bits per heavy atom. The molecule has 1 aromatic carbocycles. The van der Waals surface area contributed by atoms with Crippen LogP contribution in [0, 0.1) is 6.92 Å². The Labute approximate surface area is 147 Å². The highest BCUT2D eigenvalue weighted by Crippen LogP contribution is 2.31. The number of nitrogens with zero attached hydrogens (tertiary/aromatic N) is 3. The molecule has 0 amide bonds. The van der Waals surface area contributed by atoms with Gasteiger partial charge >= 0.3 is 0 Å². The molecule has 0 bridgehead atoms. The minimum absolute atomic E-state index is 0.115. The second kappa shape index (κ2) is 7.76. The van der Waals surface area contributed by atoms with Gasteiger partial charge in [0.05, 0.1) is 0 Å². The molecule has 0 aliphatic carbocycles. The van der Waals surface area contributed by atoms with Gasteiger partial charge < -0.3 is 10.2 Å². The average Bonchev–Trinajstić information content (AvgIpc) is 2.61. The number of aromatic nitrogens is 2. The fourth-order valence-electron chi connectivity index (χ4n) is 3.13. The SMILES string of the molecule is Cc1c(NCCCc2ccccc2)ncnc1N1CCC(F)(F)CC1. The van der Waals surface area contributed by atoms with E-state index < -0.39 is 5.92 Å². The van der Waals surface area contributed by atoms with Gasteiger partial charge in [-0.15, -0.1) is 0 Å². The van der Waals surface area contributed by atoms with E-state index in [0.29, 0.717) is 13.1 Å². The lowest BCUT2D eigenvalue weighted by Crippen LogP contribution is -2.40. The third kappa shape index (κ3) is 4.65. The predicted molar refractivity (Wildman–Crippen MR) is 96.4 cm³/mol. The molecular formula is C19H24F2N4. The van der Waals surface area contributed by atoms with Crippen LogP contribution in [0.2, 0.25) is 0 Å². The molecule has 0 spiro atoms. The molecule has 0 unspecified atom stereocenters. The van der Waals surface area contributed by atoms with Crippen molar-refractivity contribution in [1.29, 1.82) is 0 Å². The van der Waals surface area contributed by atoms with Crippen LogP contribution in [0.1, 0.15) is 30.4 Å². The van der Waals surface area contributed by atoms with Gasteiger partial charge in [-0.05, 0) is 25.3 Å². The number of hydrogen-bond donors (Lipinski definition) is 1. The fourth-order valence-corrected chi connectivity index (χ4v) is 3.13. The topological polar surface area (TPSA) is 41.1 Å². The molecule has 0 saturated carbocycles. The molecule has 6 heteroatoms. The number of alkyl halides is 2. The van der Waals surface area contributed by atoms with Gasteiger partial charge in [0.25, 0.3) is 5.92 Å². The molecule has 1 saturated heterocycles. The van der Waals surface area contributed by atoms with Crippen LogP contribution in [0.25, 0.3) is 0 Å². The van der Waals surface area contributed by atoms with Crippen LogP contribution >= 0.6 is 0 Å². The summed E-state index contributed by atoms with van der Waals surface area (Å²) in [6, 6.07) is 10.4. The molecule has 0 atom stereocenters. The Kier molecular flexibility index (Phi) is 5.46. The van der Waals surface area contributed by atoms with Gasteiger partial charge in [0.2, 0.25) is 0 Å². The maximum Gasteiger partial charge on any atom is 0.251 e. The number of benzene rings is 1. The zero-order valence-corrected chi connectivity index (χ0v) is 14.5. The van der Waals surface area contributed by atoms with Crippen molar-refractivity contribution in [3.63, 3.8) is 0 Å². The zero-order valence-electron chi connectivity index (χ0n) is 14.5. The third-order valence-electron chi connectivity index (χ3n) is 4.63. The van der Waals surface area contributed by atoms with Crippen LogP contribution in [0.4, 0.5) is 20.4 Å². The summed E-state index contributed by atoms with van der Waals surface area (Å²) in [5.41, 5.74) is 2.24. The van der Waals surface area contributed by atoms with Crippen LogP contribution < -0.4 is 10.2 Å². The molecule has 2 aromatic rings. The molecular weight excluding hydrogens is 322 g/mol. The normalized spacial score (nSPS) is 16.7. The van der Waals surface area contributed by atoms with E-state index in [1.165, 1.54) is 11.9 Å². The van der Waals surface area contributed by atoms with Gasteiger partial charge in [-0.25, -0.2) is 18.7 Å². The minimum Gasteiger partial charge on any atom is -0.370 e. The number of aryl methyl sites for hydroxylation is 1. The van der Waals surface area contributed by atoms with Gasteiger partial charge in [0.1, 0.15) is 18.0 Å². The molecule has 1 fully saturated rings. The third-order valence-corrected chi connectivity index (χ3v) is 4.63. The summed E-state index contributed by atoms with van der Waals surface area (Å²) in [5.74, 6) is -0.998. The fraction of sp³-hybridized carbons (Fsp3) is 0.474. The Hall–Kier alpha value is -2.24. The monoisotopic (exact) mass is 346 g/mol. The van der Waals surface area contributed by atoms with Crippen molar-refractivity contribution in [2.45, 2.75) is 38.5 Å². The van der Waals surface area contributed by atoms with E-state index in [1.807, 2.05) is 30.0 Å². The average molecular weight is 346 g/mol. The van der Waals surface area contributed by atoms with Gasteiger partial charge in [0, 0.05) is 38.0 Å². The van der Waals surface area contributed by atoms with Crippen LogP contribution in [0.15, 0.2) is 36.7 Å². The van der Waals surface area contributed by atoms with Gasteiger partial charge in [-0.2, -0.15) is 0 Å². The predicted octanol–water partition coefficient (Wildman–Crippen LogP) is 4.07. The Balaban J connectivity index is 1.56. The maximum absolute atomic E-state index is 13.3. The second-order valence-corrected chi connectivity index (χ2v) is 6.53. The smallest absolute Gasteiger partial charge is 0.251 e. The first-order valence-corrected chi connectivity index (χ1v) is 8.77. The van der Waals surface area contributed by atoms with Crippen LogP contribution in [0.3, 0.4) is 0 Å². The summed E-state index contributed by atoms with van der Waals surface area (Å²) in [6.45, 7) is 3.42. The highest BCUT2D eigenvalue weighted by molar-refractivity contribution is 5.58. The molecule has 3 rings (SSSR count). The molecule has 1 aromatic heterocycles. The van der Waals surface area contributed by atoms with E-state index in [0.717, 1.165) is 36.6 Å². The quantitative estimate of drug-likeness (QED) is 0.801. The van der Waals surface area contributed by atoms with Crippen molar-refractivity contribution in [2.24, 2.45) is 0 Å². The standard InChI is InChI=1S/C19H24F2N4/c1-15-17(22-11-5-8-16-6-3-2-4-7-16)23-14-24-18(15)25-12-9-19(20,21)10-13-25/h2-4,6-7,14H,5,8-13H2,1H3,(H,22,23,24). The van der Waals surface area contributed by atoms with Crippen molar-refractivity contribution in [3.8, 4) is 0 Å². The molecule has 134 valence electrons. The molecule has 1 aliphatic rings. The van der Waals surface area contributed by atoms with Crippen LogP contribution in [-0.4, -0.2) is 35.5 Å². The summed E-state index contributed by atoms with van der Waals surface area (Å²) in [4.78, 5) is 10.6. The van der Waals surface area contributed by atoms with E-state index in [2.05, 4.69) is 27.4 Å². The molecule has 4 nitrogen and oxygen atoms in total. The van der Waals surface area contributed by atoms with E-state index in [-0.39, 0.29) is 12.8 Å². The zero-order chi connectivity index (χ0) is 17.7. The highest BCUT2D eigenvalue weighted by atomic mass is 19.3. The first-order chi connectivity index (χ1) is 12.1. The van der Waals surface area contributed by atoms with Crippen molar-refractivity contribution in [3.05, 3.63) is 47.8 Å². The summed E-state index contributed by atoms with van der Waals surface area (Å²) in [6.07, 6.45) is 3.28.